The number of hydrogen-bond donors (Lipinski definition) is 2. The number of carboxylic acids is 1. The van der Waals surface area contributed by atoms with E-state index in [0.29, 0.717) is 0 Å². The third-order valence-corrected chi connectivity index (χ3v) is 2.13. The first kappa shape index (κ1) is 12.3. The molecule has 1 rings (SSSR count). The van der Waals surface area contributed by atoms with E-state index in [1.54, 1.807) is 0 Å². The molecule has 1 aromatic rings. The number of amides is 1. The van der Waals surface area contributed by atoms with Crippen molar-refractivity contribution in [2.45, 2.75) is 6.92 Å². The molecule has 0 aliphatic heterocycles. The van der Waals surface area contributed by atoms with Crippen molar-refractivity contribution in [3.8, 4) is 5.75 Å². The summed E-state index contributed by atoms with van der Waals surface area (Å²) in [6.07, 6.45) is 0. The monoisotopic (exact) mass is 243 g/mol. The van der Waals surface area contributed by atoms with Crippen molar-refractivity contribution in [3.05, 3.63) is 22.7 Å². The van der Waals surface area contributed by atoms with Crippen molar-refractivity contribution in [2.24, 2.45) is 0 Å². The van der Waals surface area contributed by atoms with Gasteiger partial charge in [0.25, 0.3) is 0 Å². The third-order valence-electron chi connectivity index (χ3n) is 1.83. The Morgan fingerprint density at radius 3 is 2.50 bits per heavy atom. The van der Waals surface area contributed by atoms with Crippen LogP contribution in [0.2, 0.25) is 5.02 Å². The van der Waals surface area contributed by atoms with Crippen LogP contribution in [-0.2, 0) is 4.79 Å². The Bertz CT molecular complexity index is 445. The zero-order chi connectivity index (χ0) is 12.3. The average Bonchev–Trinajstić information content (AvgIpc) is 2.16. The Balaban J connectivity index is 3.30. The zero-order valence-electron chi connectivity index (χ0n) is 8.70. The number of methoxy groups -OCH3 is 1. The Morgan fingerprint density at radius 1 is 1.44 bits per heavy atom. The van der Waals surface area contributed by atoms with Gasteiger partial charge < -0.3 is 15.2 Å². The number of anilines is 1. The molecular weight excluding hydrogens is 234 g/mol. The Morgan fingerprint density at radius 2 is 2.06 bits per heavy atom. The van der Waals surface area contributed by atoms with Gasteiger partial charge in [0.15, 0.2) is 0 Å². The minimum Gasteiger partial charge on any atom is -0.495 e. The largest absolute Gasteiger partial charge is 0.495 e. The fraction of sp³-hybridized carbons (Fsp3) is 0.200. The van der Waals surface area contributed by atoms with Crippen LogP contribution in [0, 0.1) is 0 Å². The summed E-state index contributed by atoms with van der Waals surface area (Å²) in [4.78, 5) is 21.8. The topological polar surface area (TPSA) is 75.6 Å². The van der Waals surface area contributed by atoms with E-state index >= 15 is 0 Å². The molecule has 0 aliphatic rings. The summed E-state index contributed by atoms with van der Waals surface area (Å²) in [7, 11) is 1.38. The minimum atomic E-state index is -1.17. The Hall–Kier alpha value is -1.75. The molecule has 0 saturated heterocycles. The highest BCUT2D eigenvalue weighted by atomic mass is 35.5. The number of benzene rings is 1. The highest BCUT2D eigenvalue weighted by Gasteiger charge is 2.15. The van der Waals surface area contributed by atoms with Gasteiger partial charge in [0, 0.05) is 6.92 Å². The Kier molecular flexibility index (Phi) is 3.73. The molecule has 2 N–H and O–H groups in total. The number of aromatic carboxylic acids is 1. The van der Waals surface area contributed by atoms with Gasteiger partial charge in [0.05, 0.1) is 23.4 Å². The predicted molar refractivity (Wildman–Crippen MR) is 59.3 cm³/mol. The van der Waals surface area contributed by atoms with Crippen LogP contribution in [-0.4, -0.2) is 24.1 Å². The van der Waals surface area contributed by atoms with Crippen LogP contribution in [0.1, 0.15) is 17.3 Å². The van der Waals surface area contributed by atoms with E-state index in [4.69, 9.17) is 21.4 Å². The van der Waals surface area contributed by atoms with Crippen LogP contribution in [0.4, 0.5) is 5.69 Å². The van der Waals surface area contributed by atoms with Gasteiger partial charge in [-0.2, -0.15) is 0 Å². The van der Waals surface area contributed by atoms with E-state index in [1.807, 2.05) is 0 Å². The summed E-state index contributed by atoms with van der Waals surface area (Å²) < 4.78 is 4.89. The van der Waals surface area contributed by atoms with Crippen LogP contribution in [0.15, 0.2) is 12.1 Å². The van der Waals surface area contributed by atoms with Crippen molar-refractivity contribution in [1.29, 1.82) is 0 Å². The second kappa shape index (κ2) is 4.85. The number of carbonyl (C=O) groups is 2. The van der Waals surface area contributed by atoms with Crippen molar-refractivity contribution >= 4 is 29.2 Å². The number of rotatable bonds is 3. The van der Waals surface area contributed by atoms with E-state index in [-0.39, 0.29) is 27.9 Å². The molecule has 1 amide bonds. The summed E-state index contributed by atoms with van der Waals surface area (Å²) in [5.41, 5.74) is 0.0715. The number of hydrogen-bond acceptors (Lipinski definition) is 3. The molecule has 0 atom stereocenters. The van der Waals surface area contributed by atoms with Gasteiger partial charge in [-0.3, -0.25) is 4.79 Å². The van der Waals surface area contributed by atoms with Crippen LogP contribution in [0.5, 0.6) is 5.75 Å². The molecule has 0 aromatic heterocycles. The smallest absolute Gasteiger partial charge is 0.337 e. The maximum atomic E-state index is 10.9. The molecule has 16 heavy (non-hydrogen) atoms. The summed E-state index contributed by atoms with van der Waals surface area (Å²) >= 11 is 5.82. The van der Waals surface area contributed by atoms with Gasteiger partial charge in [-0.15, -0.1) is 0 Å². The molecule has 5 nitrogen and oxygen atoms in total. The van der Waals surface area contributed by atoms with Crippen molar-refractivity contribution in [1.82, 2.24) is 0 Å². The molecule has 0 fully saturated rings. The quantitative estimate of drug-likeness (QED) is 0.851. The zero-order valence-corrected chi connectivity index (χ0v) is 9.46. The van der Waals surface area contributed by atoms with Gasteiger partial charge in [0.2, 0.25) is 5.91 Å². The van der Waals surface area contributed by atoms with Crippen LogP contribution < -0.4 is 10.1 Å². The minimum absolute atomic E-state index is 0.0727. The van der Waals surface area contributed by atoms with Gasteiger partial charge >= 0.3 is 5.97 Å². The summed E-state index contributed by atoms with van der Waals surface area (Å²) in [6, 6.07) is 2.60. The van der Waals surface area contributed by atoms with Gasteiger partial charge in [-0.05, 0) is 12.1 Å². The van der Waals surface area contributed by atoms with E-state index in [9.17, 15) is 9.59 Å². The maximum Gasteiger partial charge on any atom is 0.337 e. The van der Waals surface area contributed by atoms with Crippen molar-refractivity contribution < 1.29 is 19.4 Å². The Labute approximate surface area is 97.0 Å². The highest BCUT2D eigenvalue weighted by molar-refractivity contribution is 6.32. The van der Waals surface area contributed by atoms with Crippen LogP contribution in [0.25, 0.3) is 0 Å². The standard InChI is InChI=1S/C10H10ClNO4/c1-5(13)12-8-4-7(11)9(16-2)3-6(8)10(14)15/h3-4H,1-2H3,(H,12,13)(H,14,15). The fourth-order valence-electron chi connectivity index (χ4n) is 1.18. The molecule has 1 aromatic carbocycles. The lowest BCUT2D eigenvalue weighted by molar-refractivity contribution is -0.114. The number of carboxylic acid groups (broad SMARTS) is 1. The molecule has 6 heteroatoms. The summed E-state index contributed by atoms with van der Waals surface area (Å²) in [5.74, 6) is -1.30. The average molecular weight is 244 g/mol. The molecule has 0 heterocycles. The lowest BCUT2D eigenvalue weighted by Gasteiger charge is -2.10. The second-order valence-electron chi connectivity index (χ2n) is 3.02. The van der Waals surface area contributed by atoms with Crippen molar-refractivity contribution in [3.63, 3.8) is 0 Å². The van der Waals surface area contributed by atoms with E-state index in [1.165, 1.54) is 26.2 Å². The molecule has 0 bridgehead atoms. The lowest BCUT2D eigenvalue weighted by Crippen LogP contribution is -2.11. The number of halogens is 1. The van der Waals surface area contributed by atoms with E-state index in [2.05, 4.69) is 5.32 Å². The molecule has 0 spiro atoms. The summed E-state index contributed by atoms with van der Waals surface area (Å²) in [6.45, 7) is 1.28. The lowest BCUT2D eigenvalue weighted by atomic mass is 10.1. The predicted octanol–water partition coefficient (Wildman–Crippen LogP) is 2.01. The maximum absolute atomic E-state index is 10.9. The summed E-state index contributed by atoms with van der Waals surface area (Å²) in [5, 5.41) is 11.6. The molecule has 0 unspecified atom stereocenters. The van der Waals surface area contributed by atoms with E-state index in [0.717, 1.165) is 0 Å². The molecule has 86 valence electrons. The second-order valence-corrected chi connectivity index (χ2v) is 3.43. The first-order valence-electron chi connectivity index (χ1n) is 4.34. The molecule has 0 saturated carbocycles. The fourth-order valence-corrected chi connectivity index (χ4v) is 1.42. The normalized spacial score (nSPS) is 9.69. The number of nitrogens with one attached hydrogen (secondary N) is 1. The van der Waals surface area contributed by atoms with Gasteiger partial charge in [-0.1, -0.05) is 11.6 Å². The molecule has 0 aliphatic carbocycles. The molecular formula is C10H10ClNO4. The van der Waals surface area contributed by atoms with Gasteiger partial charge in [0.1, 0.15) is 5.75 Å². The van der Waals surface area contributed by atoms with E-state index < -0.39 is 5.97 Å². The number of carbonyl (C=O) groups excluding carboxylic acids is 1. The highest BCUT2D eigenvalue weighted by Crippen LogP contribution is 2.31. The SMILES string of the molecule is COc1cc(C(=O)O)c(NC(C)=O)cc1Cl. The molecule has 0 radical (unpaired) electrons. The van der Waals surface area contributed by atoms with Gasteiger partial charge in [-0.25, -0.2) is 4.79 Å². The third kappa shape index (κ3) is 2.64. The van der Waals surface area contributed by atoms with Crippen LogP contribution in [0.3, 0.4) is 0 Å². The first-order valence-corrected chi connectivity index (χ1v) is 4.72. The van der Waals surface area contributed by atoms with Crippen molar-refractivity contribution in [2.75, 3.05) is 12.4 Å². The number of ether oxygens (including phenoxy) is 1. The van der Waals surface area contributed by atoms with Crippen LogP contribution >= 0.6 is 11.6 Å². The first-order chi connectivity index (χ1) is 7.45.